The van der Waals surface area contributed by atoms with Crippen LogP contribution in [0.25, 0.3) is 0 Å². The van der Waals surface area contributed by atoms with Crippen LogP contribution in [0.3, 0.4) is 0 Å². The fourth-order valence-electron chi connectivity index (χ4n) is 1.53. The first-order valence-electron chi connectivity index (χ1n) is 5.91. The van der Waals surface area contributed by atoms with Gasteiger partial charge in [-0.25, -0.2) is 0 Å². The molecule has 1 rings (SSSR count). The Morgan fingerprint density at radius 1 is 1.50 bits per heavy atom. The SMILES string of the molecule is Cc1c(CNC(C)(C)C(C)O)cccc1[N+](=O)[O-]. The molecule has 0 heterocycles. The third kappa shape index (κ3) is 3.27. The molecule has 0 aliphatic rings. The summed E-state index contributed by atoms with van der Waals surface area (Å²) in [5.41, 5.74) is 1.23. The highest BCUT2D eigenvalue weighted by molar-refractivity contribution is 5.44. The molecule has 5 nitrogen and oxygen atoms in total. The Labute approximate surface area is 107 Å². The van der Waals surface area contributed by atoms with Gasteiger partial charge in [-0.3, -0.25) is 10.1 Å². The molecule has 5 heteroatoms. The second kappa shape index (κ2) is 5.46. The monoisotopic (exact) mass is 252 g/mol. The molecule has 0 bridgehead atoms. The van der Waals surface area contributed by atoms with Gasteiger partial charge in [-0.05, 0) is 33.3 Å². The number of nitrogens with one attached hydrogen (secondary N) is 1. The Kier molecular flexibility index (Phi) is 4.43. The van der Waals surface area contributed by atoms with E-state index in [0.717, 1.165) is 5.56 Å². The van der Waals surface area contributed by atoms with Crippen molar-refractivity contribution in [1.82, 2.24) is 5.32 Å². The molecule has 0 saturated heterocycles. The lowest BCUT2D eigenvalue weighted by atomic mass is 9.97. The van der Waals surface area contributed by atoms with E-state index in [1.165, 1.54) is 6.07 Å². The topological polar surface area (TPSA) is 75.4 Å². The summed E-state index contributed by atoms with van der Waals surface area (Å²) in [4.78, 5) is 10.5. The third-order valence-electron chi connectivity index (χ3n) is 3.39. The smallest absolute Gasteiger partial charge is 0.272 e. The Morgan fingerprint density at radius 2 is 2.11 bits per heavy atom. The minimum Gasteiger partial charge on any atom is -0.392 e. The lowest BCUT2D eigenvalue weighted by molar-refractivity contribution is -0.385. The van der Waals surface area contributed by atoms with Crippen molar-refractivity contribution in [2.24, 2.45) is 0 Å². The number of nitrogens with zero attached hydrogens (tertiary/aromatic N) is 1. The van der Waals surface area contributed by atoms with Gasteiger partial charge in [0.05, 0.1) is 11.0 Å². The van der Waals surface area contributed by atoms with Crippen LogP contribution in [0.2, 0.25) is 0 Å². The molecule has 0 aliphatic carbocycles. The Bertz CT molecular complexity index is 442. The molecule has 0 saturated carbocycles. The average molecular weight is 252 g/mol. The van der Waals surface area contributed by atoms with Gasteiger partial charge < -0.3 is 10.4 Å². The first kappa shape index (κ1) is 14.6. The zero-order chi connectivity index (χ0) is 13.9. The van der Waals surface area contributed by atoms with E-state index >= 15 is 0 Å². The summed E-state index contributed by atoms with van der Waals surface area (Å²) in [6.45, 7) is 7.73. The van der Waals surface area contributed by atoms with Gasteiger partial charge in [0.1, 0.15) is 0 Å². The Hall–Kier alpha value is -1.46. The zero-order valence-electron chi connectivity index (χ0n) is 11.2. The number of hydrogen-bond donors (Lipinski definition) is 2. The van der Waals surface area contributed by atoms with E-state index in [0.29, 0.717) is 12.1 Å². The Morgan fingerprint density at radius 3 is 2.61 bits per heavy atom. The molecule has 1 aromatic carbocycles. The van der Waals surface area contributed by atoms with Crippen molar-refractivity contribution in [3.8, 4) is 0 Å². The first-order chi connectivity index (χ1) is 8.25. The summed E-state index contributed by atoms with van der Waals surface area (Å²) >= 11 is 0. The average Bonchev–Trinajstić information content (AvgIpc) is 2.27. The molecular formula is C13H20N2O3. The summed E-state index contributed by atoms with van der Waals surface area (Å²) < 4.78 is 0. The number of rotatable bonds is 5. The molecule has 0 aromatic heterocycles. The summed E-state index contributed by atoms with van der Waals surface area (Å²) in [6, 6.07) is 5.03. The minimum atomic E-state index is -0.503. The van der Waals surface area contributed by atoms with E-state index in [-0.39, 0.29) is 10.6 Å². The zero-order valence-corrected chi connectivity index (χ0v) is 11.2. The second-order valence-corrected chi connectivity index (χ2v) is 5.07. The molecule has 0 spiro atoms. The molecule has 0 amide bonds. The quantitative estimate of drug-likeness (QED) is 0.622. The predicted octanol–water partition coefficient (Wildman–Crippen LogP) is 2.15. The van der Waals surface area contributed by atoms with Crippen molar-refractivity contribution in [1.29, 1.82) is 0 Å². The molecule has 2 N–H and O–H groups in total. The van der Waals surface area contributed by atoms with E-state index in [9.17, 15) is 15.2 Å². The van der Waals surface area contributed by atoms with Gasteiger partial charge in [-0.1, -0.05) is 12.1 Å². The maximum atomic E-state index is 10.8. The molecule has 1 aromatic rings. The molecule has 0 aliphatic heterocycles. The molecular weight excluding hydrogens is 232 g/mol. The summed E-state index contributed by atoms with van der Waals surface area (Å²) in [5, 5.41) is 23.6. The van der Waals surface area contributed by atoms with Crippen LogP contribution < -0.4 is 5.32 Å². The van der Waals surface area contributed by atoms with Crippen LogP contribution in [0.5, 0.6) is 0 Å². The number of hydrogen-bond acceptors (Lipinski definition) is 4. The second-order valence-electron chi connectivity index (χ2n) is 5.07. The van der Waals surface area contributed by atoms with Crippen molar-refractivity contribution in [2.45, 2.75) is 45.9 Å². The largest absolute Gasteiger partial charge is 0.392 e. The van der Waals surface area contributed by atoms with Crippen LogP contribution in [0, 0.1) is 17.0 Å². The summed E-state index contributed by atoms with van der Waals surface area (Å²) in [6.07, 6.45) is -0.503. The van der Waals surface area contributed by atoms with Crippen LogP contribution in [0.1, 0.15) is 31.9 Å². The lowest BCUT2D eigenvalue weighted by Crippen LogP contribution is -2.47. The minimum absolute atomic E-state index is 0.129. The molecule has 1 atom stereocenters. The van der Waals surface area contributed by atoms with Gasteiger partial charge in [0.15, 0.2) is 0 Å². The number of nitro benzene ring substituents is 1. The predicted molar refractivity (Wildman–Crippen MR) is 70.4 cm³/mol. The van der Waals surface area contributed by atoms with Crippen molar-refractivity contribution in [2.75, 3.05) is 0 Å². The van der Waals surface area contributed by atoms with Gasteiger partial charge in [-0.2, -0.15) is 0 Å². The van der Waals surface area contributed by atoms with E-state index in [1.54, 1.807) is 19.9 Å². The first-order valence-corrected chi connectivity index (χ1v) is 5.91. The fraction of sp³-hybridized carbons (Fsp3) is 0.538. The van der Waals surface area contributed by atoms with Gasteiger partial charge >= 0.3 is 0 Å². The van der Waals surface area contributed by atoms with Crippen molar-refractivity contribution in [3.63, 3.8) is 0 Å². The van der Waals surface area contributed by atoms with E-state index < -0.39 is 11.6 Å². The lowest BCUT2D eigenvalue weighted by Gasteiger charge is -2.29. The van der Waals surface area contributed by atoms with Crippen molar-refractivity contribution in [3.05, 3.63) is 39.4 Å². The standard InChI is InChI=1S/C13H20N2O3/c1-9-11(6-5-7-12(9)15(17)18)8-14-13(3,4)10(2)16/h5-7,10,14,16H,8H2,1-4H3. The van der Waals surface area contributed by atoms with Crippen LogP contribution >= 0.6 is 0 Å². The summed E-state index contributed by atoms with van der Waals surface area (Å²) in [7, 11) is 0. The molecule has 100 valence electrons. The van der Waals surface area contributed by atoms with E-state index in [2.05, 4.69) is 5.32 Å². The highest BCUT2D eigenvalue weighted by Gasteiger charge is 2.23. The van der Waals surface area contributed by atoms with Crippen LogP contribution in [-0.2, 0) is 6.54 Å². The Balaban J connectivity index is 2.87. The van der Waals surface area contributed by atoms with E-state index in [1.807, 2.05) is 19.9 Å². The maximum absolute atomic E-state index is 10.8. The van der Waals surface area contributed by atoms with Crippen LogP contribution in [0.4, 0.5) is 5.69 Å². The van der Waals surface area contributed by atoms with Crippen LogP contribution in [-0.4, -0.2) is 21.7 Å². The number of aliphatic hydroxyl groups is 1. The van der Waals surface area contributed by atoms with Gasteiger partial charge in [-0.15, -0.1) is 0 Å². The molecule has 18 heavy (non-hydrogen) atoms. The third-order valence-corrected chi connectivity index (χ3v) is 3.39. The van der Waals surface area contributed by atoms with Crippen molar-refractivity contribution < 1.29 is 10.0 Å². The number of aliphatic hydroxyl groups excluding tert-OH is 1. The van der Waals surface area contributed by atoms with E-state index in [4.69, 9.17) is 0 Å². The van der Waals surface area contributed by atoms with Gasteiger partial charge in [0.25, 0.3) is 5.69 Å². The van der Waals surface area contributed by atoms with Crippen LogP contribution in [0.15, 0.2) is 18.2 Å². The molecule has 0 fully saturated rings. The number of nitro groups is 1. The summed E-state index contributed by atoms with van der Waals surface area (Å²) in [5.74, 6) is 0. The highest BCUT2D eigenvalue weighted by atomic mass is 16.6. The number of benzene rings is 1. The van der Waals surface area contributed by atoms with Gasteiger partial charge in [0.2, 0.25) is 0 Å². The maximum Gasteiger partial charge on any atom is 0.272 e. The molecule has 1 unspecified atom stereocenters. The molecule has 0 radical (unpaired) electrons. The van der Waals surface area contributed by atoms with Gasteiger partial charge in [0, 0.05) is 23.7 Å². The normalized spacial score (nSPS) is 13.4. The fourth-order valence-corrected chi connectivity index (χ4v) is 1.53. The highest BCUT2D eigenvalue weighted by Crippen LogP contribution is 2.21. The van der Waals surface area contributed by atoms with Crippen molar-refractivity contribution >= 4 is 5.69 Å².